The van der Waals surface area contributed by atoms with E-state index in [4.69, 9.17) is 21.7 Å². The van der Waals surface area contributed by atoms with Crippen molar-refractivity contribution in [1.82, 2.24) is 10.4 Å². The minimum absolute atomic E-state index is 0.316. The van der Waals surface area contributed by atoms with Gasteiger partial charge in [0, 0.05) is 26.2 Å². The first-order chi connectivity index (χ1) is 7.74. The summed E-state index contributed by atoms with van der Waals surface area (Å²) in [6.07, 6.45) is -0.316. The third-order valence-corrected chi connectivity index (χ3v) is 3.99. The minimum atomic E-state index is -1.01. The maximum Gasteiger partial charge on any atom is 0.171 e. The Morgan fingerprint density at radius 1 is 1.41 bits per heavy atom. The molecule has 1 aliphatic heterocycles. The first-order valence-corrected chi connectivity index (χ1v) is 5.99. The van der Waals surface area contributed by atoms with Crippen LogP contribution >= 0.6 is 12.2 Å². The van der Waals surface area contributed by atoms with Crippen LogP contribution in [-0.4, -0.2) is 54.3 Å². The molecule has 6 heteroatoms. The molecule has 17 heavy (non-hydrogen) atoms. The standard InChI is InChI=1S/C11H22N2O3S/c1-10(2)7-13(6-8(15-4)16-5)12-9(17)11(10,3)14/h8,14H,6-7H2,1-5H3,(H,12,17). The highest BCUT2D eigenvalue weighted by Gasteiger charge is 2.48. The molecular formula is C11H22N2O3S. The smallest absolute Gasteiger partial charge is 0.171 e. The van der Waals surface area contributed by atoms with E-state index in [1.807, 2.05) is 18.9 Å². The summed E-state index contributed by atoms with van der Waals surface area (Å²) in [6, 6.07) is 0. The molecule has 5 nitrogen and oxygen atoms in total. The summed E-state index contributed by atoms with van der Waals surface area (Å²) in [5.74, 6) is 0. The van der Waals surface area contributed by atoms with Crippen LogP contribution in [-0.2, 0) is 9.47 Å². The van der Waals surface area contributed by atoms with Crippen molar-refractivity contribution in [3.8, 4) is 0 Å². The topological polar surface area (TPSA) is 54.0 Å². The summed E-state index contributed by atoms with van der Waals surface area (Å²) in [7, 11) is 3.19. The van der Waals surface area contributed by atoms with E-state index in [9.17, 15) is 5.11 Å². The van der Waals surface area contributed by atoms with E-state index in [-0.39, 0.29) is 11.7 Å². The van der Waals surface area contributed by atoms with Crippen LogP contribution in [0.5, 0.6) is 0 Å². The van der Waals surface area contributed by atoms with Crippen LogP contribution in [0.4, 0.5) is 0 Å². The maximum absolute atomic E-state index is 10.3. The fraction of sp³-hybridized carbons (Fsp3) is 0.909. The van der Waals surface area contributed by atoms with Crippen molar-refractivity contribution in [1.29, 1.82) is 0 Å². The number of hydrogen-bond donors (Lipinski definition) is 2. The highest BCUT2D eigenvalue weighted by atomic mass is 32.1. The Kier molecular flexibility index (Phi) is 4.49. The van der Waals surface area contributed by atoms with E-state index in [1.165, 1.54) is 0 Å². The maximum atomic E-state index is 10.3. The van der Waals surface area contributed by atoms with Crippen LogP contribution in [0.3, 0.4) is 0 Å². The van der Waals surface area contributed by atoms with Gasteiger partial charge in [-0.15, -0.1) is 0 Å². The summed E-state index contributed by atoms with van der Waals surface area (Å²) in [6.45, 7) is 6.92. The second kappa shape index (κ2) is 5.16. The van der Waals surface area contributed by atoms with Crippen molar-refractivity contribution in [3.05, 3.63) is 0 Å². The molecule has 1 aliphatic rings. The van der Waals surface area contributed by atoms with E-state index in [0.717, 1.165) is 0 Å². The van der Waals surface area contributed by atoms with Crippen LogP contribution in [0, 0.1) is 5.41 Å². The molecule has 0 aromatic carbocycles. The molecule has 1 heterocycles. The quantitative estimate of drug-likeness (QED) is 0.569. The Balaban J connectivity index is 2.72. The van der Waals surface area contributed by atoms with Crippen molar-refractivity contribution >= 4 is 17.2 Å². The molecule has 1 atom stereocenters. The number of hydrogen-bond acceptors (Lipinski definition) is 5. The first kappa shape index (κ1) is 14.8. The first-order valence-electron chi connectivity index (χ1n) is 5.58. The molecule has 0 amide bonds. The molecule has 0 bridgehead atoms. The lowest BCUT2D eigenvalue weighted by atomic mass is 9.74. The van der Waals surface area contributed by atoms with E-state index in [2.05, 4.69) is 5.43 Å². The van der Waals surface area contributed by atoms with E-state index in [0.29, 0.717) is 18.1 Å². The van der Waals surface area contributed by atoms with Crippen molar-refractivity contribution in [3.63, 3.8) is 0 Å². The molecule has 0 saturated carbocycles. The van der Waals surface area contributed by atoms with Crippen LogP contribution in [0.2, 0.25) is 0 Å². The van der Waals surface area contributed by atoms with E-state index in [1.54, 1.807) is 21.1 Å². The van der Waals surface area contributed by atoms with Gasteiger partial charge in [-0.2, -0.15) is 0 Å². The lowest BCUT2D eigenvalue weighted by molar-refractivity contribution is -0.133. The molecule has 0 radical (unpaired) electrons. The Labute approximate surface area is 108 Å². The molecular weight excluding hydrogens is 240 g/mol. The highest BCUT2D eigenvalue weighted by molar-refractivity contribution is 7.80. The van der Waals surface area contributed by atoms with Gasteiger partial charge < -0.3 is 20.0 Å². The minimum Gasteiger partial charge on any atom is -0.382 e. The number of nitrogens with zero attached hydrogens (tertiary/aromatic N) is 1. The predicted molar refractivity (Wildman–Crippen MR) is 69.5 cm³/mol. The molecule has 1 rings (SSSR count). The SMILES string of the molecule is COC(CN1CC(C)(C)C(C)(O)C(=S)N1)OC. The second-order valence-electron chi connectivity index (χ2n) is 5.18. The molecule has 2 N–H and O–H groups in total. The van der Waals surface area contributed by atoms with Crippen LogP contribution in [0.15, 0.2) is 0 Å². The van der Waals surface area contributed by atoms with Crippen LogP contribution in [0.25, 0.3) is 0 Å². The molecule has 100 valence electrons. The number of thiocarbonyl (C=S) groups is 1. The lowest BCUT2D eigenvalue weighted by Crippen LogP contribution is -2.67. The van der Waals surface area contributed by atoms with Crippen LogP contribution < -0.4 is 5.43 Å². The van der Waals surface area contributed by atoms with Gasteiger partial charge in [-0.3, -0.25) is 0 Å². The van der Waals surface area contributed by atoms with E-state index >= 15 is 0 Å². The number of hydrazine groups is 1. The van der Waals surface area contributed by atoms with Crippen molar-refractivity contribution in [2.75, 3.05) is 27.3 Å². The largest absolute Gasteiger partial charge is 0.382 e. The van der Waals surface area contributed by atoms with Crippen LogP contribution in [0.1, 0.15) is 20.8 Å². The number of nitrogens with one attached hydrogen (secondary N) is 1. The molecule has 1 fully saturated rings. The Hall–Kier alpha value is -0.270. The molecule has 0 aromatic rings. The van der Waals surface area contributed by atoms with Gasteiger partial charge in [0.1, 0.15) is 10.6 Å². The third-order valence-electron chi connectivity index (χ3n) is 3.50. The zero-order chi connectivity index (χ0) is 13.3. The Morgan fingerprint density at radius 2 is 1.94 bits per heavy atom. The Bertz CT molecular complexity index is 290. The summed E-state index contributed by atoms with van der Waals surface area (Å²) < 4.78 is 10.3. The fourth-order valence-corrected chi connectivity index (χ4v) is 2.17. The average Bonchev–Trinajstić information content (AvgIpc) is 2.22. The Morgan fingerprint density at radius 3 is 2.35 bits per heavy atom. The van der Waals surface area contributed by atoms with E-state index < -0.39 is 5.60 Å². The molecule has 0 aromatic heterocycles. The molecule has 1 saturated heterocycles. The summed E-state index contributed by atoms with van der Waals surface area (Å²) >= 11 is 5.21. The van der Waals surface area contributed by atoms with Crippen molar-refractivity contribution in [2.24, 2.45) is 5.41 Å². The van der Waals surface area contributed by atoms with Gasteiger partial charge in [0.25, 0.3) is 0 Å². The normalized spacial score (nSPS) is 29.5. The molecule has 0 aliphatic carbocycles. The van der Waals surface area contributed by atoms with Gasteiger partial charge in [0.05, 0.1) is 6.54 Å². The summed E-state index contributed by atoms with van der Waals surface area (Å²) in [5, 5.41) is 12.3. The number of methoxy groups -OCH3 is 2. The van der Waals surface area contributed by atoms with Crippen molar-refractivity contribution in [2.45, 2.75) is 32.7 Å². The summed E-state index contributed by atoms with van der Waals surface area (Å²) in [4.78, 5) is 0.430. The van der Waals surface area contributed by atoms with Gasteiger partial charge in [0.15, 0.2) is 6.29 Å². The fourth-order valence-electron chi connectivity index (χ4n) is 1.77. The number of rotatable bonds is 4. The number of aliphatic hydroxyl groups is 1. The number of ether oxygens (including phenoxy) is 2. The molecule has 1 unspecified atom stereocenters. The van der Waals surface area contributed by atoms with Gasteiger partial charge in [0.2, 0.25) is 0 Å². The van der Waals surface area contributed by atoms with Gasteiger partial charge in [-0.25, -0.2) is 5.01 Å². The monoisotopic (exact) mass is 262 g/mol. The third kappa shape index (κ3) is 2.95. The zero-order valence-corrected chi connectivity index (χ0v) is 11.9. The zero-order valence-electron chi connectivity index (χ0n) is 11.1. The lowest BCUT2D eigenvalue weighted by Gasteiger charge is -2.49. The second-order valence-corrected chi connectivity index (χ2v) is 5.59. The average molecular weight is 262 g/mol. The van der Waals surface area contributed by atoms with Gasteiger partial charge in [-0.05, 0) is 6.92 Å². The molecule has 0 spiro atoms. The highest BCUT2D eigenvalue weighted by Crippen LogP contribution is 2.35. The van der Waals surface area contributed by atoms with Gasteiger partial charge >= 0.3 is 0 Å². The van der Waals surface area contributed by atoms with Gasteiger partial charge in [-0.1, -0.05) is 26.1 Å². The van der Waals surface area contributed by atoms with Crippen molar-refractivity contribution < 1.29 is 14.6 Å². The predicted octanol–water partition coefficient (Wildman–Crippen LogP) is 0.530. The summed E-state index contributed by atoms with van der Waals surface area (Å²) in [5.41, 5.74) is 1.68.